The number of rotatable bonds is 2. The Morgan fingerprint density at radius 2 is 1.87 bits per heavy atom. The van der Waals surface area contributed by atoms with E-state index in [4.69, 9.17) is 11.6 Å². The van der Waals surface area contributed by atoms with Gasteiger partial charge in [0.25, 0.3) is 5.91 Å². The van der Waals surface area contributed by atoms with Crippen molar-refractivity contribution in [2.24, 2.45) is 0 Å². The average molecular weight is 224 g/mol. The van der Waals surface area contributed by atoms with Crippen LogP contribution in [0.15, 0.2) is 30.3 Å². The van der Waals surface area contributed by atoms with Crippen molar-refractivity contribution in [3.8, 4) is 0 Å². The molecule has 0 heterocycles. The van der Waals surface area contributed by atoms with Gasteiger partial charge in [-0.2, -0.15) is 0 Å². The van der Waals surface area contributed by atoms with Crippen LogP contribution in [0.5, 0.6) is 0 Å². The van der Waals surface area contributed by atoms with Crippen molar-refractivity contribution in [3.05, 3.63) is 40.9 Å². The minimum absolute atomic E-state index is 0.374. The smallest absolute Gasteiger partial charge is 0.250 e. The zero-order chi connectivity index (χ0) is 11.3. The first-order chi connectivity index (χ1) is 7.08. The van der Waals surface area contributed by atoms with E-state index in [0.29, 0.717) is 5.02 Å². The van der Waals surface area contributed by atoms with E-state index in [1.165, 1.54) is 13.0 Å². The molecule has 1 aromatic carbocycles. The lowest BCUT2D eigenvalue weighted by molar-refractivity contribution is -0.126. The molecule has 0 fully saturated rings. The Hall–Kier alpha value is -1.61. The lowest BCUT2D eigenvalue weighted by Gasteiger charge is -1.95. The molecule has 15 heavy (non-hydrogen) atoms. The second-order valence-electron chi connectivity index (χ2n) is 2.93. The maximum absolute atomic E-state index is 11.0. The van der Waals surface area contributed by atoms with Crippen LogP contribution in [0, 0.1) is 0 Å². The molecule has 0 saturated carbocycles. The van der Waals surface area contributed by atoms with E-state index in [9.17, 15) is 9.59 Å². The van der Waals surface area contributed by atoms with Gasteiger partial charge in [0.2, 0.25) is 5.91 Å². The Morgan fingerprint density at radius 1 is 1.27 bits per heavy atom. The second kappa shape index (κ2) is 5.32. The molecular formula is C11H10ClNO2. The third kappa shape index (κ3) is 4.42. The monoisotopic (exact) mass is 223 g/mol. The largest absolute Gasteiger partial charge is 0.293 e. The predicted molar refractivity (Wildman–Crippen MR) is 59.3 cm³/mol. The fourth-order valence-corrected chi connectivity index (χ4v) is 1.09. The fourth-order valence-electron chi connectivity index (χ4n) is 0.961. The molecule has 0 spiro atoms. The molecule has 0 bridgehead atoms. The molecule has 0 saturated heterocycles. The van der Waals surface area contributed by atoms with Gasteiger partial charge >= 0.3 is 0 Å². The summed E-state index contributed by atoms with van der Waals surface area (Å²) in [5.41, 5.74) is 0.845. The van der Waals surface area contributed by atoms with Gasteiger partial charge in [-0.15, -0.1) is 0 Å². The highest BCUT2D eigenvalue weighted by Crippen LogP contribution is 2.10. The normalized spacial score (nSPS) is 10.3. The van der Waals surface area contributed by atoms with E-state index < -0.39 is 5.91 Å². The summed E-state index contributed by atoms with van der Waals surface area (Å²) in [5.74, 6) is -0.807. The van der Waals surface area contributed by atoms with Crippen molar-refractivity contribution < 1.29 is 9.59 Å². The van der Waals surface area contributed by atoms with Crippen LogP contribution < -0.4 is 5.32 Å². The van der Waals surface area contributed by atoms with Gasteiger partial charge in [-0.3, -0.25) is 14.9 Å². The molecule has 2 amide bonds. The molecule has 0 aliphatic carbocycles. The first-order valence-electron chi connectivity index (χ1n) is 4.33. The summed E-state index contributed by atoms with van der Waals surface area (Å²) in [7, 11) is 0. The van der Waals surface area contributed by atoms with Gasteiger partial charge in [0.1, 0.15) is 0 Å². The number of hydrogen-bond donors (Lipinski definition) is 1. The number of imide groups is 1. The van der Waals surface area contributed by atoms with E-state index in [2.05, 4.69) is 5.32 Å². The quantitative estimate of drug-likeness (QED) is 0.780. The predicted octanol–water partition coefficient (Wildman–Crippen LogP) is 2.02. The van der Waals surface area contributed by atoms with E-state index in [1.807, 2.05) is 0 Å². The third-order valence-corrected chi connectivity index (χ3v) is 1.85. The number of benzene rings is 1. The summed E-state index contributed by atoms with van der Waals surface area (Å²) in [6, 6.07) is 7.01. The summed E-state index contributed by atoms with van der Waals surface area (Å²) < 4.78 is 0. The van der Waals surface area contributed by atoms with Crippen LogP contribution in [-0.2, 0) is 9.59 Å². The van der Waals surface area contributed by atoms with Crippen LogP contribution >= 0.6 is 11.6 Å². The molecular weight excluding hydrogens is 214 g/mol. The van der Waals surface area contributed by atoms with E-state index >= 15 is 0 Å². The Kier molecular flexibility index (Phi) is 4.06. The molecule has 4 heteroatoms. The first-order valence-corrected chi connectivity index (χ1v) is 4.71. The van der Waals surface area contributed by atoms with Gasteiger partial charge in [0.05, 0.1) is 0 Å². The lowest BCUT2D eigenvalue weighted by atomic mass is 10.2. The van der Waals surface area contributed by atoms with Gasteiger partial charge in [-0.1, -0.05) is 23.7 Å². The van der Waals surface area contributed by atoms with Crippen LogP contribution in [0.4, 0.5) is 0 Å². The standard InChI is InChI=1S/C11H10ClNO2/c1-8(14)13-11(15)7-4-9-2-5-10(12)6-3-9/h2-7H,1H3,(H,13,14,15)/b7-4+. The number of carbonyl (C=O) groups excluding carboxylic acids is 2. The zero-order valence-electron chi connectivity index (χ0n) is 8.16. The van der Waals surface area contributed by atoms with Gasteiger partial charge in [-0.25, -0.2) is 0 Å². The number of carbonyl (C=O) groups is 2. The summed E-state index contributed by atoms with van der Waals surface area (Å²) >= 11 is 5.70. The van der Waals surface area contributed by atoms with Crippen molar-refractivity contribution >= 4 is 29.5 Å². The molecule has 1 N–H and O–H groups in total. The molecule has 0 aliphatic heterocycles. The van der Waals surface area contributed by atoms with Crippen LogP contribution in [0.2, 0.25) is 5.02 Å². The molecule has 0 aromatic heterocycles. The Bertz CT molecular complexity index is 396. The fraction of sp³-hybridized carbons (Fsp3) is 0.0909. The minimum atomic E-state index is -0.433. The van der Waals surface area contributed by atoms with Crippen molar-refractivity contribution in [2.75, 3.05) is 0 Å². The van der Waals surface area contributed by atoms with Crippen LogP contribution in [0.3, 0.4) is 0 Å². The van der Waals surface area contributed by atoms with E-state index in [-0.39, 0.29) is 5.91 Å². The van der Waals surface area contributed by atoms with Gasteiger partial charge in [-0.05, 0) is 23.8 Å². The number of nitrogens with one attached hydrogen (secondary N) is 1. The third-order valence-electron chi connectivity index (χ3n) is 1.60. The lowest BCUT2D eigenvalue weighted by Crippen LogP contribution is -2.25. The highest BCUT2D eigenvalue weighted by Gasteiger charge is 1.97. The molecule has 78 valence electrons. The Balaban J connectivity index is 2.61. The van der Waals surface area contributed by atoms with Gasteiger partial charge in [0, 0.05) is 18.0 Å². The second-order valence-corrected chi connectivity index (χ2v) is 3.37. The number of halogens is 1. The minimum Gasteiger partial charge on any atom is -0.293 e. The van der Waals surface area contributed by atoms with Gasteiger partial charge < -0.3 is 0 Å². The Morgan fingerprint density at radius 3 is 2.40 bits per heavy atom. The van der Waals surface area contributed by atoms with Gasteiger partial charge in [0.15, 0.2) is 0 Å². The number of hydrogen-bond acceptors (Lipinski definition) is 2. The van der Waals surface area contributed by atoms with Crippen molar-refractivity contribution in [2.45, 2.75) is 6.92 Å². The molecule has 1 rings (SSSR count). The van der Waals surface area contributed by atoms with Crippen LogP contribution in [0.1, 0.15) is 12.5 Å². The number of amides is 2. The first kappa shape index (κ1) is 11.5. The molecule has 0 atom stereocenters. The molecule has 0 unspecified atom stereocenters. The Labute approximate surface area is 92.7 Å². The summed E-state index contributed by atoms with van der Waals surface area (Å²) in [4.78, 5) is 21.6. The van der Waals surface area contributed by atoms with E-state index in [0.717, 1.165) is 5.56 Å². The van der Waals surface area contributed by atoms with E-state index in [1.54, 1.807) is 30.3 Å². The van der Waals surface area contributed by atoms with Crippen molar-refractivity contribution in [1.29, 1.82) is 0 Å². The van der Waals surface area contributed by atoms with Crippen LogP contribution in [-0.4, -0.2) is 11.8 Å². The topological polar surface area (TPSA) is 46.2 Å². The maximum atomic E-state index is 11.0. The average Bonchev–Trinajstić information content (AvgIpc) is 2.16. The highest BCUT2D eigenvalue weighted by atomic mass is 35.5. The molecule has 1 aromatic rings. The summed E-state index contributed by atoms with van der Waals surface area (Å²) in [5, 5.41) is 2.77. The summed E-state index contributed by atoms with van der Waals surface area (Å²) in [6.07, 6.45) is 2.90. The van der Waals surface area contributed by atoms with Crippen LogP contribution in [0.25, 0.3) is 6.08 Å². The zero-order valence-corrected chi connectivity index (χ0v) is 8.91. The summed E-state index contributed by atoms with van der Waals surface area (Å²) in [6.45, 7) is 1.29. The molecule has 0 aliphatic rings. The van der Waals surface area contributed by atoms with Crippen molar-refractivity contribution in [3.63, 3.8) is 0 Å². The molecule has 3 nitrogen and oxygen atoms in total. The SMILES string of the molecule is CC(=O)NC(=O)/C=C/c1ccc(Cl)cc1. The van der Waals surface area contributed by atoms with Crippen molar-refractivity contribution in [1.82, 2.24) is 5.32 Å². The highest BCUT2D eigenvalue weighted by molar-refractivity contribution is 6.30. The molecule has 0 radical (unpaired) electrons. The maximum Gasteiger partial charge on any atom is 0.250 e.